The van der Waals surface area contributed by atoms with Gasteiger partial charge in [0.25, 0.3) is 0 Å². The molecule has 1 aliphatic carbocycles. The summed E-state index contributed by atoms with van der Waals surface area (Å²) in [4.78, 5) is 2.26. The Morgan fingerprint density at radius 2 is 2.00 bits per heavy atom. The van der Waals surface area contributed by atoms with E-state index < -0.39 is 0 Å². The summed E-state index contributed by atoms with van der Waals surface area (Å²) in [7, 11) is 4.23. The molecule has 13 heavy (non-hydrogen) atoms. The maximum Gasteiger partial charge on any atom is 0.163 e. The molecule has 0 aromatic heterocycles. The lowest BCUT2D eigenvalue weighted by Crippen LogP contribution is -2.52. The maximum atomic E-state index is 5.49. The van der Waals surface area contributed by atoms with Gasteiger partial charge in [-0.1, -0.05) is 12.8 Å². The SMILES string of the molecule is CN(C)[C@H]1CCCC[C@@H]1NC(N)=S. The summed E-state index contributed by atoms with van der Waals surface area (Å²) in [5.74, 6) is 0. The van der Waals surface area contributed by atoms with Gasteiger partial charge in [0.1, 0.15) is 0 Å². The molecule has 0 saturated heterocycles. The molecule has 1 aliphatic rings. The number of nitrogens with zero attached hydrogens (tertiary/aromatic N) is 1. The third-order valence-electron chi connectivity index (χ3n) is 2.72. The highest BCUT2D eigenvalue weighted by molar-refractivity contribution is 7.80. The summed E-state index contributed by atoms with van der Waals surface area (Å²) in [6, 6.07) is 1.02. The predicted molar refractivity (Wildman–Crippen MR) is 59.7 cm³/mol. The van der Waals surface area contributed by atoms with E-state index in [9.17, 15) is 0 Å². The van der Waals surface area contributed by atoms with E-state index in [-0.39, 0.29) is 0 Å². The molecule has 0 amide bonds. The van der Waals surface area contributed by atoms with Crippen molar-refractivity contribution >= 4 is 17.3 Å². The molecule has 2 atom stereocenters. The van der Waals surface area contributed by atoms with Crippen LogP contribution in [0.15, 0.2) is 0 Å². The van der Waals surface area contributed by atoms with Crippen LogP contribution in [0.4, 0.5) is 0 Å². The number of hydrogen-bond acceptors (Lipinski definition) is 2. The Bertz CT molecular complexity index is 182. The van der Waals surface area contributed by atoms with E-state index in [2.05, 4.69) is 24.3 Å². The van der Waals surface area contributed by atoms with Gasteiger partial charge in [0, 0.05) is 12.1 Å². The lowest BCUT2D eigenvalue weighted by atomic mass is 9.90. The van der Waals surface area contributed by atoms with E-state index in [0.29, 0.717) is 17.2 Å². The fraction of sp³-hybridized carbons (Fsp3) is 0.889. The number of nitrogens with two attached hydrogens (primary N) is 1. The zero-order valence-electron chi connectivity index (χ0n) is 8.42. The predicted octanol–water partition coefficient (Wildman–Crippen LogP) is 0.692. The summed E-state index contributed by atoms with van der Waals surface area (Å²) in [6.07, 6.45) is 5.02. The first-order valence-corrected chi connectivity index (χ1v) is 5.24. The van der Waals surface area contributed by atoms with Gasteiger partial charge in [-0.05, 0) is 39.2 Å². The van der Waals surface area contributed by atoms with Crippen molar-refractivity contribution in [2.45, 2.75) is 37.8 Å². The third kappa shape index (κ3) is 3.12. The third-order valence-corrected chi connectivity index (χ3v) is 2.84. The summed E-state index contributed by atoms with van der Waals surface area (Å²) in [5, 5.41) is 3.61. The first-order chi connectivity index (χ1) is 6.11. The van der Waals surface area contributed by atoms with Crippen LogP contribution in [0.5, 0.6) is 0 Å². The van der Waals surface area contributed by atoms with Crippen LogP contribution in [0.1, 0.15) is 25.7 Å². The van der Waals surface area contributed by atoms with E-state index in [1.807, 2.05) is 0 Å². The lowest BCUT2D eigenvalue weighted by molar-refractivity contribution is 0.190. The van der Waals surface area contributed by atoms with E-state index in [1.165, 1.54) is 25.7 Å². The minimum absolute atomic E-state index is 0.429. The van der Waals surface area contributed by atoms with Gasteiger partial charge in [-0.2, -0.15) is 0 Å². The second-order valence-electron chi connectivity index (χ2n) is 3.93. The van der Waals surface area contributed by atoms with Gasteiger partial charge in [0.15, 0.2) is 5.11 Å². The monoisotopic (exact) mass is 201 g/mol. The van der Waals surface area contributed by atoms with Crippen molar-refractivity contribution in [2.75, 3.05) is 14.1 Å². The summed E-state index contributed by atoms with van der Waals surface area (Å²) in [5.41, 5.74) is 5.49. The standard InChI is InChI=1S/C9H19N3S/c1-12(2)8-6-4-3-5-7(8)11-9(10)13/h7-8H,3-6H2,1-2H3,(H3,10,11,13)/t7-,8-/m0/s1. The van der Waals surface area contributed by atoms with Gasteiger partial charge in [0.05, 0.1) is 0 Å². The zero-order valence-corrected chi connectivity index (χ0v) is 9.23. The van der Waals surface area contributed by atoms with Gasteiger partial charge in [-0.15, -0.1) is 0 Å². The molecule has 0 spiro atoms. The number of hydrogen-bond donors (Lipinski definition) is 2. The van der Waals surface area contributed by atoms with Crippen molar-refractivity contribution in [2.24, 2.45) is 5.73 Å². The Morgan fingerprint density at radius 1 is 1.38 bits per heavy atom. The molecular weight excluding hydrogens is 182 g/mol. The van der Waals surface area contributed by atoms with Crippen LogP contribution in [0.2, 0.25) is 0 Å². The summed E-state index contributed by atoms with van der Waals surface area (Å²) < 4.78 is 0. The molecule has 0 aliphatic heterocycles. The van der Waals surface area contributed by atoms with Crippen LogP contribution in [-0.4, -0.2) is 36.2 Å². The average Bonchev–Trinajstić information content (AvgIpc) is 2.03. The molecule has 1 saturated carbocycles. The molecule has 3 N–H and O–H groups in total. The zero-order chi connectivity index (χ0) is 9.84. The lowest BCUT2D eigenvalue weighted by Gasteiger charge is -2.36. The molecule has 0 heterocycles. The van der Waals surface area contributed by atoms with Crippen molar-refractivity contribution in [1.82, 2.24) is 10.2 Å². The fourth-order valence-electron chi connectivity index (χ4n) is 2.08. The maximum absolute atomic E-state index is 5.49. The van der Waals surface area contributed by atoms with Gasteiger partial charge >= 0.3 is 0 Å². The highest BCUT2D eigenvalue weighted by atomic mass is 32.1. The van der Waals surface area contributed by atoms with E-state index >= 15 is 0 Å². The van der Waals surface area contributed by atoms with E-state index in [1.54, 1.807) is 0 Å². The van der Waals surface area contributed by atoms with E-state index in [0.717, 1.165) is 0 Å². The van der Waals surface area contributed by atoms with Crippen molar-refractivity contribution in [3.05, 3.63) is 0 Å². The molecular formula is C9H19N3S. The van der Waals surface area contributed by atoms with Crippen molar-refractivity contribution in [3.8, 4) is 0 Å². The molecule has 1 rings (SSSR count). The van der Waals surface area contributed by atoms with Crippen LogP contribution in [-0.2, 0) is 0 Å². The van der Waals surface area contributed by atoms with Crippen LogP contribution >= 0.6 is 12.2 Å². The first-order valence-electron chi connectivity index (χ1n) is 4.83. The normalized spacial score (nSPS) is 28.8. The first kappa shape index (κ1) is 10.7. The minimum Gasteiger partial charge on any atom is -0.376 e. The quantitative estimate of drug-likeness (QED) is 0.645. The topological polar surface area (TPSA) is 41.3 Å². The smallest absolute Gasteiger partial charge is 0.163 e. The van der Waals surface area contributed by atoms with Crippen molar-refractivity contribution in [1.29, 1.82) is 0 Å². The van der Waals surface area contributed by atoms with Gasteiger partial charge in [-0.25, -0.2) is 0 Å². The van der Waals surface area contributed by atoms with Crippen LogP contribution in [0, 0.1) is 0 Å². The number of thiocarbonyl (C=S) groups is 1. The molecule has 0 aromatic carbocycles. The second kappa shape index (κ2) is 4.77. The van der Waals surface area contributed by atoms with Crippen molar-refractivity contribution < 1.29 is 0 Å². The number of likely N-dealkylation sites (N-methyl/N-ethyl adjacent to an activating group) is 1. The number of nitrogens with one attached hydrogen (secondary N) is 1. The van der Waals surface area contributed by atoms with Gasteiger partial charge < -0.3 is 16.0 Å². The summed E-state index contributed by atoms with van der Waals surface area (Å²) in [6.45, 7) is 0. The van der Waals surface area contributed by atoms with Crippen LogP contribution in [0.25, 0.3) is 0 Å². The van der Waals surface area contributed by atoms with Gasteiger partial charge in [-0.3, -0.25) is 0 Å². The van der Waals surface area contributed by atoms with Crippen LogP contribution < -0.4 is 11.1 Å². The molecule has 0 radical (unpaired) electrons. The van der Waals surface area contributed by atoms with E-state index in [4.69, 9.17) is 18.0 Å². The Balaban J connectivity index is 2.51. The largest absolute Gasteiger partial charge is 0.376 e. The fourth-order valence-corrected chi connectivity index (χ4v) is 2.23. The minimum atomic E-state index is 0.429. The molecule has 0 unspecified atom stereocenters. The summed E-state index contributed by atoms with van der Waals surface area (Å²) >= 11 is 4.86. The molecule has 0 bridgehead atoms. The van der Waals surface area contributed by atoms with Crippen LogP contribution in [0.3, 0.4) is 0 Å². The Hall–Kier alpha value is -0.350. The molecule has 76 valence electrons. The second-order valence-corrected chi connectivity index (χ2v) is 4.37. The Morgan fingerprint density at radius 3 is 2.54 bits per heavy atom. The molecule has 1 fully saturated rings. The highest BCUT2D eigenvalue weighted by Crippen LogP contribution is 2.21. The Labute approximate surface area is 85.7 Å². The van der Waals surface area contributed by atoms with Gasteiger partial charge in [0.2, 0.25) is 0 Å². The Kier molecular flexibility index (Phi) is 3.93. The molecule has 3 nitrogen and oxygen atoms in total. The molecule has 4 heteroatoms. The number of rotatable bonds is 2. The van der Waals surface area contributed by atoms with Crippen molar-refractivity contribution in [3.63, 3.8) is 0 Å². The average molecular weight is 201 g/mol. The highest BCUT2D eigenvalue weighted by Gasteiger charge is 2.26. The molecule has 0 aromatic rings.